The van der Waals surface area contributed by atoms with E-state index >= 15 is 0 Å². The highest BCUT2D eigenvalue weighted by Gasteiger charge is 2.15. The minimum atomic E-state index is 0.456. The topological polar surface area (TPSA) is 12.0 Å². The van der Waals surface area contributed by atoms with Crippen molar-refractivity contribution in [3.63, 3.8) is 0 Å². The lowest BCUT2D eigenvalue weighted by Crippen LogP contribution is -2.22. The highest BCUT2D eigenvalue weighted by Crippen LogP contribution is 2.32. The molecule has 0 heterocycles. The Morgan fingerprint density at radius 3 is 2.33 bits per heavy atom. The Morgan fingerprint density at radius 1 is 0.952 bits per heavy atom. The third kappa shape index (κ3) is 6.83. The molecule has 1 rings (SSSR count). The summed E-state index contributed by atoms with van der Waals surface area (Å²) in [6, 6.07) is 4.95. The number of rotatable bonds is 10. The summed E-state index contributed by atoms with van der Waals surface area (Å²) >= 11 is 7.42. The molecule has 0 fully saturated rings. The van der Waals surface area contributed by atoms with Crippen LogP contribution in [0.5, 0.6) is 0 Å². The van der Waals surface area contributed by atoms with Crippen LogP contribution in [0, 0.1) is 6.92 Å². The van der Waals surface area contributed by atoms with Gasteiger partial charge in [-0.05, 0) is 49.6 Å². The lowest BCUT2D eigenvalue weighted by molar-refractivity contribution is 0.466. The van der Waals surface area contributed by atoms with Gasteiger partial charge in [0.1, 0.15) is 0 Å². The van der Waals surface area contributed by atoms with Crippen LogP contribution < -0.4 is 5.32 Å². The second-order valence-corrected chi connectivity index (χ2v) is 7.54. The van der Waals surface area contributed by atoms with Gasteiger partial charge in [-0.25, -0.2) is 0 Å². The molecule has 0 bridgehead atoms. The van der Waals surface area contributed by atoms with Crippen LogP contribution in [0.2, 0.25) is 0 Å². The zero-order valence-corrected chi connectivity index (χ0v) is 16.8. The normalized spacial score (nSPS) is 12.6. The molecule has 0 spiro atoms. The van der Waals surface area contributed by atoms with Gasteiger partial charge < -0.3 is 5.32 Å². The summed E-state index contributed by atoms with van der Waals surface area (Å²) in [5.41, 5.74) is 2.67. The van der Waals surface area contributed by atoms with Crippen LogP contribution >= 0.6 is 31.9 Å². The summed E-state index contributed by atoms with van der Waals surface area (Å²) in [5.74, 6) is 0. The molecule has 1 aromatic rings. The molecule has 3 heteroatoms. The lowest BCUT2D eigenvalue weighted by atomic mass is 9.98. The zero-order chi connectivity index (χ0) is 15.7. The van der Waals surface area contributed by atoms with E-state index in [-0.39, 0.29) is 0 Å². The Morgan fingerprint density at radius 2 is 1.67 bits per heavy atom. The number of halogens is 2. The molecular weight excluding hydrogens is 390 g/mol. The number of unbranched alkanes of at least 4 members (excludes halogenated alkanes) is 4. The first-order valence-electron chi connectivity index (χ1n) is 8.29. The number of hydrogen-bond acceptors (Lipinski definition) is 1. The molecule has 0 saturated carbocycles. The summed E-state index contributed by atoms with van der Waals surface area (Å²) in [5, 5.41) is 3.71. The smallest absolute Gasteiger partial charge is 0.0331 e. The van der Waals surface area contributed by atoms with Gasteiger partial charge in [0.15, 0.2) is 0 Å². The maximum atomic E-state index is 3.75. The zero-order valence-electron chi connectivity index (χ0n) is 13.6. The van der Waals surface area contributed by atoms with Gasteiger partial charge >= 0.3 is 0 Å². The molecule has 1 N–H and O–H groups in total. The highest BCUT2D eigenvalue weighted by molar-refractivity contribution is 9.11. The summed E-state index contributed by atoms with van der Waals surface area (Å²) in [4.78, 5) is 0. The molecule has 120 valence electrons. The van der Waals surface area contributed by atoms with Crippen molar-refractivity contribution in [1.82, 2.24) is 5.32 Å². The van der Waals surface area contributed by atoms with E-state index in [0.717, 1.165) is 6.54 Å². The molecule has 0 aliphatic carbocycles. The van der Waals surface area contributed by atoms with Crippen molar-refractivity contribution in [3.8, 4) is 0 Å². The first-order valence-corrected chi connectivity index (χ1v) is 9.87. The van der Waals surface area contributed by atoms with Gasteiger partial charge in [-0.3, -0.25) is 0 Å². The van der Waals surface area contributed by atoms with Gasteiger partial charge in [-0.15, -0.1) is 0 Å². The lowest BCUT2D eigenvalue weighted by Gasteiger charge is -2.21. The monoisotopic (exact) mass is 417 g/mol. The predicted molar refractivity (Wildman–Crippen MR) is 101 cm³/mol. The standard InChI is InChI=1S/C18H29Br2N/c1-4-6-7-8-9-10-18(21-11-5-2)15-13-16(19)14(3)12-17(15)20/h12-13,18,21H,4-11H2,1-3H3. The fourth-order valence-corrected chi connectivity index (χ4v) is 3.66. The Kier molecular flexibility index (Phi) is 9.87. The first kappa shape index (κ1) is 19.2. The molecule has 0 amide bonds. The summed E-state index contributed by atoms with van der Waals surface area (Å²) in [6.45, 7) is 7.72. The van der Waals surface area contributed by atoms with E-state index in [1.807, 2.05) is 0 Å². The molecule has 0 aliphatic heterocycles. The van der Waals surface area contributed by atoms with Gasteiger partial charge in [0.25, 0.3) is 0 Å². The highest BCUT2D eigenvalue weighted by atomic mass is 79.9. The van der Waals surface area contributed by atoms with Gasteiger partial charge in [0.2, 0.25) is 0 Å². The van der Waals surface area contributed by atoms with Gasteiger partial charge in [0, 0.05) is 15.0 Å². The van der Waals surface area contributed by atoms with E-state index in [4.69, 9.17) is 0 Å². The van der Waals surface area contributed by atoms with Crippen LogP contribution in [0.15, 0.2) is 21.1 Å². The van der Waals surface area contributed by atoms with E-state index in [0.29, 0.717) is 6.04 Å². The maximum absolute atomic E-state index is 3.75. The number of nitrogens with one attached hydrogen (secondary N) is 1. The first-order chi connectivity index (χ1) is 10.1. The largest absolute Gasteiger partial charge is 0.310 e. The molecular formula is C18H29Br2N. The van der Waals surface area contributed by atoms with Crippen molar-refractivity contribution in [3.05, 3.63) is 32.2 Å². The van der Waals surface area contributed by atoms with Crippen LogP contribution in [0.1, 0.15) is 76.0 Å². The van der Waals surface area contributed by atoms with Crippen LogP contribution in [-0.2, 0) is 0 Å². The third-order valence-corrected chi connectivity index (χ3v) is 5.43. The molecule has 1 atom stereocenters. The second-order valence-electron chi connectivity index (χ2n) is 5.83. The number of aryl methyl sites for hydroxylation is 1. The molecule has 1 nitrogen and oxygen atoms in total. The molecule has 21 heavy (non-hydrogen) atoms. The van der Waals surface area contributed by atoms with E-state index in [2.05, 4.69) is 70.1 Å². The average molecular weight is 419 g/mol. The van der Waals surface area contributed by atoms with Gasteiger partial charge in [0.05, 0.1) is 0 Å². The Labute approximate surface area is 147 Å². The fourth-order valence-electron chi connectivity index (χ4n) is 2.57. The number of hydrogen-bond donors (Lipinski definition) is 1. The molecule has 0 saturated heterocycles. The van der Waals surface area contributed by atoms with Crippen molar-refractivity contribution in [2.45, 2.75) is 71.8 Å². The minimum Gasteiger partial charge on any atom is -0.310 e. The summed E-state index contributed by atoms with van der Waals surface area (Å²) < 4.78 is 2.43. The molecule has 0 aromatic heterocycles. The summed E-state index contributed by atoms with van der Waals surface area (Å²) in [7, 11) is 0. The van der Waals surface area contributed by atoms with E-state index < -0.39 is 0 Å². The third-order valence-electron chi connectivity index (χ3n) is 3.89. The Hall–Kier alpha value is 0.140. The Balaban J connectivity index is 2.70. The maximum Gasteiger partial charge on any atom is 0.0331 e. The van der Waals surface area contributed by atoms with Crippen LogP contribution in [0.25, 0.3) is 0 Å². The van der Waals surface area contributed by atoms with Crippen molar-refractivity contribution in [2.75, 3.05) is 6.54 Å². The van der Waals surface area contributed by atoms with Crippen molar-refractivity contribution in [2.24, 2.45) is 0 Å². The van der Waals surface area contributed by atoms with E-state index in [9.17, 15) is 0 Å². The molecule has 1 aromatic carbocycles. The van der Waals surface area contributed by atoms with Crippen molar-refractivity contribution in [1.29, 1.82) is 0 Å². The van der Waals surface area contributed by atoms with Crippen LogP contribution in [-0.4, -0.2) is 6.54 Å². The molecule has 0 aliphatic rings. The van der Waals surface area contributed by atoms with Gasteiger partial charge in [-0.1, -0.05) is 77.8 Å². The average Bonchev–Trinajstić information content (AvgIpc) is 2.46. The second kappa shape index (κ2) is 10.8. The fraction of sp³-hybridized carbons (Fsp3) is 0.667. The SMILES string of the molecule is CCCCCCCC(NCCC)c1cc(Br)c(C)cc1Br. The number of benzene rings is 1. The van der Waals surface area contributed by atoms with Crippen LogP contribution in [0.3, 0.4) is 0 Å². The molecule has 0 radical (unpaired) electrons. The summed E-state index contributed by atoms with van der Waals surface area (Å²) in [6.07, 6.45) is 9.10. The van der Waals surface area contributed by atoms with E-state index in [1.54, 1.807) is 0 Å². The molecule has 1 unspecified atom stereocenters. The van der Waals surface area contributed by atoms with Crippen molar-refractivity contribution < 1.29 is 0 Å². The predicted octanol–water partition coefficient (Wildman–Crippen LogP) is 6.92. The van der Waals surface area contributed by atoms with Gasteiger partial charge in [-0.2, -0.15) is 0 Å². The van der Waals surface area contributed by atoms with E-state index in [1.165, 1.54) is 65.0 Å². The van der Waals surface area contributed by atoms with Crippen molar-refractivity contribution >= 4 is 31.9 Å². The Bertz CT molecular complexity index is 418. The quantitative estimate of drug-likeness (QED) is 0.406. The minimum absolute atomic E-state index is 0.456. The van der Waals surface area contributed by atoms with Crippen LogP contribution in [0.4, 0.5) is 0 Å².